The van der Waals surface area contributed by atoms with E-state index in [1.807, 2.05) is 0 Å². The van der Waals surface area contributed by atoms with Crippen molar-refractivity contribution in [1.82, 2.24) is 4.90 Å². The van der Waals surface area contributed by atoms with Crippen LogP contribution in [0.2, 0.25) is 0 Å². The lowest BCUT2D eigenvalue weighted by Crippen LogP contribution is -2.30. The highest BCUT2D eigenvalue weighted by molar-refractivity contribution is 9.10. The van der Waals surface area contributed by atoms with E-state index in [0.717, 1.165) is 12.0 Å². The highest BCUT2D eigenvalue weighted by Gasteiger charge is 2.30. The van der Waals surface area contributed by atoms with E-state index in [-0.39, 0.29) is 0 Å². The van der Waals surface area contributed by atoms with Crippen molar-refractivity contribution in [2.75, 3.05) is 13.1 Å². The van der Waals surface area contributed by atoms with Crippen molar-refractivity contribution in [3.05, 3.63) is 34.3 Å². The van der Waals surface area contributed by atoms with Crippen molar-refractivity contribution >= 4 is 15.9 Å². The van der Waals surface area contributed by atoms with E-state index in [1.54, 1.807) is 0 Å². The summed E-state index contributed by atoms with van der Waals surface area (Å²) in [5.74, 6) is 0.757. The van der Waals surface area contributed by atoms with Crippen LogP contribution in [0.1, 0.15) is 43.6 Å². The molecule has 1 atom stereocenters. The van der Waals surface area contributed by atoms with Crippen molar-refractivity contribution in [3.8, 4) is 0 Å². The van der Waals surface area contributed by atoms with Gasteiger partial charge in [0.2, 0.25) is 0 Å². The Morgan fingerprint density at radius 3 is 2.71 bits per heavy atom. The third kappa shape index (κ3) is 2.58. The molecule has 2 heteroatoms. The highest BCUT2D eigenvalue weighted by atomic mass is 79.9. The van der Waals surface area contributed by atoms with E-state index < -0.39 is 0 Å². The molecule has 1 aromatic carbocycles. The molecular weight excluding hydrogens is 274 g/mol. The fourth-order valence-electron chi connectivity index (χ4n) is 3.42. The third-order valence-corrected chi connectivity index (χ3v) is 4.87. The van der Waals surface area contributed by atoms with E-state index in [2.05, 4.69) is 45.1 Å². The van der Waals surface area contributed by atoms with Gasteiger partial charge in [-0.2, -0.15) is 0 Å². The first-order chi connectivity index (χ1) is 8.33. The van der Waals surface area contributed by atoms with Crippen LogP contribution in [-0.4, -0.2) is 24.0 Å². The largest absolute Gasteiger partial charge is 0.300 e. The van der Waals surface area contributed by atoms with E-state index in [9.17, 15) is 0 Å². The smallest absolute Gasteiger partial charge is 0.0178 e. The maximum Gasteiger partial charge on any atom is 0.0178 e. The molecule has 0 aromatic heterocycles. The third-order valence-electron chi connectivity index (χ3n) is 4.38. The maximum atomic E-state index is 3.58. The monoisotopic (exact) mass is 293 g/mol. The number of benzene rings is 1. The van der Waals surface area contributed by atoms with Gasteiger partial charge < -0.3 is 0 Å². The molecule has 0 N–H and O–H groups in total. The standard InChI is InChI=1S/C15H20BrN/c16-14-5-3-4-12(10-14)13-8-9-17(11-13)15-6-1-2-7-15/h3-5,10,13,15H,1-2,6-9,11H2. The minimum absolute atomic E-state index is 0.757. The van der Waals surface area contributed by atoms with Crippen LogP contribution in [0.25, 0.3) is 0 Å². The summed E-state index contributed by atoms with van der Waals surface area (Å²) in [5.41, 5.74) is 1.51. The zero-order valence-corrected chi connectivity index (χ0v) is 11.8. The summed E-state index contributed by atoms with van der Waals surface area (Å²) in [6.07, 6.45) is 7.11. The summed E-state index contributed by atoms with van der Waals surface area (Å²) >= 11 is 3.58. The first-order valence-corrected chi connectivity index (χ1v) is 7.62. The molecule has 1 unspecified atom stereocenters. The van der Waals surface area contributed by atoms with Crippen molar-refractivity contribution in [2.45, 2.75) is 44.1 Å². The lowest BCUT2D eigenvalue weighted by Gasteiger charge is -2.23. The van der Waals surface area contributed by atoms with Crippen LogP contribution < -0.4 is 0 Å². The molecule has 0 bridgehead atoms. The Morgan fingerprint density at radius 2 is 1.94 bits per heavy atom. The average Bonchev–Trinajstić information content (AvgIpc) is 3.00. The van der Waals surface area contributed by atoms with Gasteiger partial charge in [0, 0.05) is 17.1 Å². The van der Waals surface area contributed by atoms with Crippen molar-refractivity contribution in [1.29, 1.82) is 0 Å². The molecule has 0 amide bonds. The van der Waals surface area contributed by atoms with Crippen LogP contribution in [-0.2, 0) is 0 Å². The minimum Gasteiger partial charge on any atom is -0.300 e. The van der Waals surface area contributed by atoms with E-state index in [1.165, 1.54) is 55.2 Å². The summed E-state index contributed by atoms with van der Waals surface area (Å²) in [6, 6.07) is 9.76. The second-order valence-electron chi connectivity index (χ2n) is 5.47. The molecule has 3 rings (SSSR count). The molecule has 1 heterocycles. The van der Waals surface area contributed by atoms with Crippen molar-refractivity contribution in [2.24, 2.45) is 0 Å². The summed E-state index contributed by atoms with van der Waals surface area (Å²) in [4.78, 5) is 2.73. The summed E-state index contributed by atoms with van der Waals surface area (Å²) in [6.45, 7) is 2.59. The lowest BCUT2D eigenvalue weighted by molar-refractivity contribution is 0.243. The maximum absolute atomic E-state index is 3.58. The first-order valence-electron chi connectivity index (χ1n) is 6.82. The molecule has 0 spiro atoms. The van der Waals surface area contributed by atoms with Crippen molar-refractivity contribution < 1.29 is 0 Å². The highest BCUT2D eigenvalue weighted by Crippen LogP contribution is 2.33. The topological polar surface area (TPSA) is 3.24 Å². The van der Waals surface area contributed by atoms with Gasteiger partial charge in [0.1, 0.15) is 0 Å². The van der Waals surface area contributed by atoms with Crippen LogP contribution in [0.4, 0.5) is 0 Å². The molecule has 1 aliphatic carbocycles. The Bertz CT molecular complexity index is 384. The Kier molecular flexibility index (Phi) is 3.53. The summed E-state index contributed by atoms with van der Waals surface area (Å²) < 4.78 is 1.22. The van der Waals surface area contributed by atoms with E-state index >= 15 is 0 Å². The molecule has 17 heavy (non-hydrogen) atoms. The molecule has 1 aliphatic heterocycles. The van der Waals surface area contributed by atoms with Gasteiger partial charge in [-0.3, -0.25) is 4.90 Å². The van der Waals surface area contributed by atoms with Crippen LogP contribution in [0.5, 0.6) is 0 Å². The number of hydrogen-bond donors (Lipinski definition) is 0. The van der Waals surface area contributed by atoms with Gasteiger partial charge in [0.25, 0.3) is 0 Å². The van der Waals surface area contributed by atoms with E-state index in [0.29, 0.717) is 0 Å². The van der Waals surface area contributed by atoms with Gasteiger partial charge in [-0.25, -0.2) is 0 Å². The van der Waals surface area contributed by atoms with E-state index in [4.69, 9.17) is 0 Å². The number of halogens is 1. The predicted octanol–water partition coefficient (Wildman–Crippen LogP) is 4.18. The zero-order valence-electron chi connectivity index (χ0n) is 10.2. The van der Waals surface area contributed by atoms with Gasteiger partial charge >= 0.3 is 0 Å². The Labute approximate surface area is 112 Å². The molecular formula is C15H20BrN. The summed E-state index contributed by atoms with van der Waals surface area (Å²) in [7, 11) is 0. The van der Waals surface area contributed by atoms with Crippen LogP contribution in [0.15, 0.2) is 28.7 Å². The number of rotatable bonds is 2. The number of nitrogens with zero attached hydrogens (tertiary/aromatic N) is 1. The molecule has 1 aromatic rings. The second-order valence-corrected chi connectivity index (χ2v) is 6.39. The molecule has 1 nitrogen and oxygen atoms in total. The average molecular weight is 294 g/mol. The first kappa shape index (κ1) is 11.7. The minimum atomic E-state index is 0.757. The molecule has 2 fully saturated rings. The van der Waals surface area contributed by atoms with Crippen molar-refractivity contribution in [3.63, 3.8) is 0 Å². The van der Waals surface area contributed by atoms with Gasteiger partial charge in [-0.15, -0.1) is 0 Å². The van der Waals surface area contributed by atoms with Gasteiger partial charge in [-0.1, -0.05) is 40.9 Å². The SMILES string of the molecule is Brc1cccc(C2CCN(C3CCCC3)C2)c1. The number of hydrogen-bond acceptors (Lipinski definition) is 1. The number of likely N-dealkylation sites (tertiary alicyclic amines) is 1. The van der Waals surface area contributed by atoms with Gasteiger partial charge in [-0.05, 0) is 49.4 Å². The fraction of sp³-hybridized carbons (Fsp3) is 0.600. The molecule has 1 saturated heterocycles. The zero-order chi connectivity index (χ0) is 11.7. The Hall–Kier alpha value is -0.340. The molecule has 0 radical (unpaired) electrons. The molecule has 1 saturated carbocycles. The Morgan fingerprint density at radius 1 is 1.12 bits per heavy atom. The van der Waals surface area contributed by atoms with Crippen LogP contribution in [0, 0.1) is 0 Å². The Balaban J connectivity index is 1.67. The second kappa shape index (κ2) is 5.11. The van der Waals surface area contributed by atoms with Crippen LogP contribution >= 0.6 is 15.9 Å². The molecule has 2 aliphatic rings. The fourth-order valence-corrected chi connectivity index (χ4v) is 3.84. The normalized spacial score (nSPS) is 26.8. The van der Waals surface area contributed by atoms with Gasteiger partial charge in [0.15, 0.2) is 0 Å². The van der Waals surface area contributed by atoms with Crippen LogP contribution in [0.3, 0.4) is 0 Å². The lowest BCUT2D eigenvalue weighted by atomic mass is 9.99. The molecule has 92 valence electrons. The van der Waals surface area contributed by atoms with Gasteiger partial charge in [0.05, 0.1) is 0 Å². The predicted molar refractivity (Wildman–Crippen MR) is 75.3 cm³/mol. The summed E-state index contributed by atoms with van der Waals surface area (Å²) in [5, 5.41) is 0. The quantitative estimate of drug-likeness (QED) is 0.791.